The number of benzene rings is 1. The van der Waals surface area contributed by atoms with Crippen molar-refractivity contribution in [2.75, 3.05) is 18.0 Å². The van der Waals surface area contributed by atoms with Crippen molar-refractivity contribution in [3.8, 4) is 16.8 Å². The zero-order valence-electron chi connectivity index (χ0n) is 15.0. The quantitative estimate of drug-likeness (QED) is 0.561. The summed E-state index contributed by atoms with van der Waals surface area (Å²) in [7, 11) is 1.91. The van der Waals surface area contributed by atoms with Crippen molar-refractivity contribution in [3.05, 3.63) is 55.1 Å². The number of alkyl halides is 1. The highest BCUT2D eigenvalue weighted by Gasteiger charge is 2.23. The Hall–Kier alpha value is -3.22. The molecular formula is C20H19FN6. The maximum absolute atomic E-state index is 13.6. The van der Waals surface area contributed by atoms with E-state index in [0.717, 1.165) is 33.5 Å². The molecule has 1 unspecified atom stereocenters. The lowest BCUT2D eigenvalue weighted by Gasteiger charge is -2.17. The third-order valence-electron chi connectivity index (χ3n) is 5.04. The van der Waals surface area contributed by atoms with Crippen LogP contribution in [0.4, 0.5) is 10.2 Å². The van der Waals surface area contributed by atoms with Crippen LogP contribution >= 0.6 is 0 Å². The molecule has 4 heterocycles. The molecule has 3 aromatic heterocycles. The van der Waals surface area contributed by atoms with Crippen LogP contribution < -0.4 is 4.90 Å². The monoisotopic (exact) mass is 362 g/mol. The summed E-state index contributed by atoms with van der Waals surface area (Å²) in [5.41, 5.74) is 4.08. The van der Waals surface area contributed by atoms with Gasteiger partial charge >= 0.3 is 0 Å². The standard InChI is InChI=1S/C20H19FN6/c1-25-12-16(11-23-25)14-2-3-15-10-24-27(19(15)8-14)18-4-6-22-20(9-18)26-7-5-17(21)13-26/h2-4,6,8-12,17H,5,7,13H2,1H3. The summed E-state index contributed by atoms with van der Waals surface area (Å²) in [5.74, 6) is 0.791. The first-order valence-corrected chi connectivity index (χ1v) is 9.00. The maximum atomic E-state index is 13.6. The van der Waals surface area contributed by atoms with Crippen LogP contribution in [0.15, 0.2) is 55.1 Å². The summed E-state index contributed by atoms with van der Waals surface area (Å²) in [6.45, 7) is 1.10. The summed E-state index contributed by atoms with van der Waals surface area (Å²) < 4.78 is 17.3. The molecule has 0 aliphatic carbocycles. The van der Waals surface area contributed by atoms with E-state index < -0.39 is 6.17 Å². The zero-order valence-corrected chi connectivity index (χ0v) is 15.0. The van der Waals surface area contributed by atoms with Crippen LogP contribution in [0.1, 0.15) is 6.42 Å². The molecule has 0 amide bonds. The first-order chi connectivity index (χ1) is 13.2. The second-order valence-electron chi connectivity index (χ2n) is 6.94. The number of aryl methyl sites for hydroxylation is 1. The molecule has 1 atom stereocenters. The largest absolute Gasteiger partial charge is 0.354 e. The van der Waals surface area contributed by atoms with E-state index in [1.54, 1.807) is 10.9 Å². The normalized spacial score (nSPS) is 17.1. The first kappa shape index (κ1) is 16.0. The molecule has 5 rings (SSSR count). The minimum Gasteiger partial charge on any atom is -0.354 e. The molecule has 1 aliphatic rings. The van der Waals surface area contributed by atoms with E-state index in [9.17, 15) is 4.39 Å². The van der Waals surface area contributed by atoms with Crippen LogP contribution in [-0.2, 0) is 7.05 Å². The van der Waals surface area contributed by atoms with E-state index in [4.69, 9.17) is 0 Å². The maximum Gasteiger partial charge on any atom is 0.130 e. The van der Waals surface area contributed by atoms with Crippen LogP contribution in [0.3, 0.4) is 0 Å². The molecule has 0 saturated carbocycles. The number of hydrogen-bond donors (Lipinski definition) is 0. The second kappa shape index (κ2) is 6.19. The van der Waals surface area contributed by atoms with Crippen molar-refractivity contribution >= 4 is 16.7 Å². The fraction of sp³-hybridized carbons (Fsp3) is 0.250. The van der Waals surface area contributed by atoms with Gasteiger partial charge in [0.2, 0.25) is 0 Å². The number of anilines is 1. The Bertz CT molecular complexity index is 1110. The van der Waals surface area contributed by atoms with Gasteiger partial charge in [-0.1, -0.05) is 12.1 Å². The van der Waals surface area contributed by atoms with Crippen molar-refractivity contribution in [2.45, 2.75) is 12.6 Å². The molecule has 1 aromatic carbocycles. The zero-order chi connectivity index (χ0) is 18.4. The molecule has 7 heteroatoms. The highest BCUT2D eigenvalue weighted by Crippen LogP contribution is 2.27. The third-order valence-corrected chi connectivity index (χ3v) is 5.04. The summed E-state index contributed by atoms with van der Waals surface area (Å²) in [6, 6.07) is 10.2. The molecule has 1 fully saturated rings. The Morgan fingerprint density at radius 1 is 1.07 bits per heavy atom. The lowest BCUT2D eigenvalue weighted by atomic mass is 10.1. The fourth-order valence-electron chi connectivity index (χ4n) is 3.61. The minimum atomic E-state index is -0.775. The number of rotatable bonds is 3. The molecule has 0 N–H and O–H groups in total. The van der Waals surface area contributed by atoms with E-state index >= 15 is 0 Å². The summed E-state index contributed by atoms with van der Waals surface area (Å²) in [4.78, 5) is 6.41. The Labute approximate surface area is 155 Å². The smallest absolute Gasteiger partial charge is 0.130 e. The van der Waals surface area contributed by atoms with Gasteiger partial charge in [-0.25, -0.2) is 14.1 Å². The van der Waals surface area contributed by atoms with Crippen LogP contribution in [0.5, 0.6) is 0 Å². The van der Waals surface area contributed by atoms with Gasteiger partial charge in [0.05, 0.1) is 30.1 Å². The van der Waals surface area contributed by atoms with E-state index in [1.807, 2.05) is 47.4 Å². The molecule has 27 heavy (non-hydrogen) atoms. The van der Waals surface area contributed by atoms with Crippen LogP contribution in [0.2, 0.25) is 0 Å². The van der Waals surface area contributed by atoms with Gasteiger partial charge in [-0.05, 0) is 24.1 Å². The van der Waals surface area contributed by atoms with Gasteiger partial charge in [0.15, 0.2) is 0 Å². The van der Waals surface area contributed by atoms with Gasteiger partial charge in [-0.2, -0.15) is 10.2 Å². The van der Waals surface area contributed by atoms with Crippen LogP contribution in [0.25, 0.3) is 27.7 Å². The average Bonchev–Trinajstić information content (AvgIpc) is 3.41. The molecular weight excluding hydrogens is 343 g/mol. The molecule has 6 nitrogen and oxygen atoms in total. The van der Waals surface area contributed by atoms with E-state index in [1.165, 1.54) is 0 Å². The SMILES string of the molecule is Cn1cc(-c2ccc3cnn(-c4ccnc(N5CCC(F)C5)c4)c3c2)cn1. The Morgan fingerprint density at radius 2 is 2.00 bits per heavy atom. The van der Waals surface area contributed by atoms with Gasteiger partial charge < -0.3 is 4.90 Å². The summed E-state index contributed by atoms with van der Waals surface area (Å²) >= 11 is 0. The van der Waals surface area contributed by atoms with E-state index in [2.05, 4.69) is 33.4 Å². The first-order valence-electron chi connectivity index (χ1n) is 9.00. The number of nitrogens with zero attached hydrogens (tertiary/aromatic N) is 6. The molecule has 1 aliphatic heterocycles. The topological polar surface area (TPSA) is 51.8 Å². The van der Waals surface area contributed by atoms with Gasteiger partial charge in [0.1, 0.15) is 12.0 Å². The molecule has 136 valence electrons. The predicted octanol–water partition coefficient (Wildman–Crippen LogP) is 3.37. The van der Waals surface area contributed by atoms with Crippen LogP contribution in [-0.4, -0.2) is 43.8 Å². The second-order valence-corrected chi connectivity index (χ2v) is 6.94. The van der Waals surface area contributed by atoms with Crippen molar-refractivity contribution in [1.82, 2.24) is 24.5 Å². The molecule has 1 saturated heterocycles. The molecule has 0 bridgehead atoms. The van der Waals surface area contributed by atoms with Gasteiger partial charge in [0.25, 0.3) is 0 Å². The van der Waals surface area contributed by atoms with Crippen LogP contribution in [0, 0.1) is 0 Å². The third kappa shape index (κ3) is 2.85. The molecule has 0 spiro atoms. The average molecular weight is 362 g/mol. The van der Waals surface area contributed by atoms with E-state index in [0.29, 0.717) is 19.5 Å². The van der Waals surface area contributed by atoms with Crippen molar-refractivity contribution < 1.29 is 4.39 Å². The van der Waals surface area contributed by atoms with Gasteiger partial charge in [-0.3, -0.25) is 4.68 Å². The highest BCUT2D eigenvalue weighted by molar-refractivity contribution is 5.85. The number of aromatic nitrogens is 5. The predicted molar refractivity (Wildman–Crippen MR) is 103 cm³/mol. The lowest BCUT2D eigenvalue weighted by Crippen LogP contribution is -2.21. The minimum absolute atomic E-state index is 0.404. The molecule has 4 aromatic rings. The van der Waals surface area contributed by atoms with Crippen molar-refractivity contribution in [1.29, 1.82) is 0 Å². The fourth-order valence-corrected chi connectivity index (χ4v) is 3.61. The Balaban J connectivity index is 1.57. The summed E-state index contributed by atoms with van der Waals surface area (Å²) in [6.07, 6.45) is 7.25. The van der Waals surface area contributed by atoms with Gasteiger partial charge in [-0.15, -0.1) is 0 Å². The highest BCUT2D eigenvalue weighted by atomic mass is 19.1. The lowest BCUT2D eigenvalue weighted by molar-refractivity contribution is 0.364. The Kier molecular flexibility index (Phi) is 3.67. The number of fused-ring (bicyclic) bond motifs is 1. The van der Waals surface area contributed by atoms with E-state index in [-0.39, 0.29) is 0 Å². The summed E-state index contributed by atoms with van der Waals surface area (Å²) in [5, 5.41) is 9.88. The number of hydrogen-bond acceptors (Lipinski definition) is 4. The molecule has 0 radical (unpaired) electrons. The van der Waals surface area contributed by atoms with Crippen molar-refractivity contribution in [2.24, 2.45) is 7.05 Å². The number of pyridine rings is 1. The van der Waals surface area contributed by atoms with Crippen molar-refractivity contribution in [3.63, 3.8) is 0 Å². The Morgan fingerprint density at radius 3 is 2.78 bits per heavy atom. The van der Waals surface area contributed by atoms with Gasteiger partial charge in [0, 0.05) is 43.0 Å². The number of halogens is 1.